The van der Waals surface area contributed by atoms with Crippen LogP contribution in [0.3, 0.4) is 0 Å². The van der Waals surface area contributed by atoms with Crippen LogP contribution in [0.2, 0.25) is 0 Å². The molecule has 1 fully saturated rings. The highest BCUT2D eigenvalue weighted by molar-refractivity contribution is 5.77. The third kappa shape index (κ3) is 4.22. The molecule has 9 nitrogen and oxygen atoms in total. The molecule has 0 atom stereocenters. The van der Waals surface area contributed by atoms with Crippen molar-refractivity contribution in [2.45, 2.75) is 45.3 Å². The number of aromatic nitrogens is 6. The number of likely N-dealkylation sites (tertiary alicyclic amines) is 1. The van der Waals surface area contributed by atoms with Crippen LogP contribution in [-0.2, 0) is 23.1 Å². The van der Waals surface area contributed by atoms with Gasteiger partial charge in [-0.15, -0.1) is 10.2 Å². The molecule has 0 aromatic carbocycles. The smallest absolute Gasteiger partial charge is 0.248 e. The van der Waals surface area contributed by atoms with Crippen molar-refractivity contribution in [2.24, 2.45) is 7.05 Å². The quantitative estimate of drug-likeness (QED) is 0.759. The molecule has 1 aliphatic rings. The van der Waals surface area contributed by atoms with E-state index in [4.69, 9.17) is 4.74 Å². The van der Waals surface area contributed by atoms with Crippen molar-refractivity contribution in [3.05, 3.63) is 24.3 Å². The Balaban J connectivity index is 1.56. The summed E-state index contributed by atoms with van der Waals surface area (Å²) in [6.45, 7) is 6.04. The highest BCUT2D eigenvalue weighted by atomic mass is 16.5. The monoisotopic (exact) mass is 347 g/mol. The van der Waals surface area contributed by atoms with E-state index >= 15 is 0 Å². The first kappa shape index (κ1) is 17.5. The lowest BCUT2D eigenvalue weighted by Crippen LogP contribution is -2.40. The number of nitrogens with zero attached hydrogens (tertiary/aromatic N) is 7. The van der Waals surface area contributed by atoms with Crippen LogP contribution in [0.15, 0.2) is 12.7 Å². The summed E-state index contributed by atoms with van der Waals surface area (Å²) >= 11 is 0. The molecule has 0 radical (unpaired) electrons. The summed E-state index contributed by atoms with van der Waals surface area (Å²) in [5, 5.41) is 12.8. The van der Waals surface area contributed by atoms with Gasteiger partial charge < -0.3 is 14.2 Å². The van der Waals surface area contributed by atoms with Gasteiger partial charge in [0.25, 0.3) is 0 Å². The summed E-state index contributed by atoms with van der Waals surface area (Å²) in [7, 11) is 1.98. The molecule has 0 unspecified atom stereocenters. The van der Waals surface area contributed by atoms with E-state index in [9.17, 15) is 4.79 Å². The van der Waals surface area contributed by atoms with Gasteiger partial charge >= 0.3 is 0 Å². The van der Waals surface area contributed by atoms with E-state index in [1.807, 2.05) is 30.4 Å². The lowest BCUT2D eigenvalue weighted by Gasteiger charge is -2.31. The van der Waals surface area contributed by atoms with Crippen molar-refractivity contribution < 1.29 is 9.53 Å². The number of carbonyl (C=O) groups excluding carboxylic acids is 1. The molecule has 0 aliphatic carbocycles. The maximum atomic E-state index is 12.1. The fourth-order valence-corrected chi connectivity index (χ4v) is 3.04. The maximum absolute atomic E-state index is 12.1. The zero-order chi connectivity index (χ0) is 17.8. The van der Waals surface area contributed by atoms with Gasteiger partial charge in [0.15, 0.2) is 5.82 Å². The number of ether oxygens (including phenoxy) is 1. The number of amides is 1. The standard InChI is InChI=1S/C16H25N7O2/c1-12(2)25-9-15(24)22-6-4-13(5-7-22)16-20-19-14(21(16)3)8-23-11-17-10-18-23/h10-13H,4-9H2,1-3H3. The average molecular weight is 347 g/mol. The van der Waals surface area contributed by atoms with Gasteiger partial charge in [-0.3, -0.25) is 4.79 Å². The Morgan fingerprint density at radius 3 is 2.72 bits per heavy atom. The molecule has 3 heterocycles. The number of rotatable bonds is 6. The SMILES string of the molecule is CC(C)OCC(=O)N1CCC(c2nnc(Cn3cncn3)n2C)CC1. The van der Waals surface area contributed by atoms with E-state index < -0.39 is 0 Å². The second kappa shape index (κ2) is 7.73. The lowest BCUT2D eigenvalue weighted by molar-refractivity contribution is -0.138. The van der Waals surface area contributed by atoms with Crippen molar-refractivity contribution in [3.8, 4) is 0 Å². The molecule has 1 aliphatic heterocycles. The van der Waals surface area contributed by atoms with Gasteiger partial charge in [-0.25, -0.2) is 9.67 Å². The summed E-state index contributed by atoms with van der Waals surface area (Å²) in [6, 6.07) is 0. The summed E-state index contributed by atoms with van der Waals surface area (Å²) in [4.78, 5) is 18.0. The van der Waals surface area contributed by atoms with Crippen LogP contribution >= 0.6 is 0 Å². The van der Waals surface area contributed by atoms with Crippen molar-refractivity contribution >= 4 is 5.91 Å². The molecule has 3 rings (SSSR count). The number of piperidine rings is 1. The zero-order valence-electron chi connectivity index (χ0n) is 15.0. The third-order valence-electron chi connectivity index (χ3n) is 4.52. The molecule has 2 aromatic heterocycles. The van der Waals surface area contributed by atoms with Gasteiger partial charge in [-0.05, 0) is 26.7 Å². The largest absolute Gasteiger partial charge is 0.369 e. The molecule has 2 aromatic rings. The Morgan fingerprint density at radius 1 is 1.32 bits per heavy atom. The molecule has 136 valence electrons. The minimum atomic E-state index is 0.0667. The Morgan fingerprint density at radius 2 is 2.08 bits per heavy atom. The van der Waals surface area contributed by atoms with Crippen LogP contribution in [0.5, 0.6) is 0 Å². The first-order chi connectivity index (χ1) is 12.0. The highest BCUT2D eigenvalue weighted by Crippen LogP contribution is 2.27. The van der Waals surface area contributed by atoms with E-state index in [-0.39, 0.29) is 18.6 Å². The summed E-state index contributed by atoms with van der Waals surface area (Å²) < 4.78 is 9.17. The Kier molecular flexibility index (Phi) is 5.42. The molecular formula is C16H25N7O2. The van der Waals surface area contributed by atoms with Gasteiger partial charge in [0.1, 0.15) is 31.6 Å². The predicted octanol–water partition coefficient (Wildman–Crippen LogP) is 0.586. The predicted molar refractivity (Wildman–Crippen MR) is 89.8 cm³/mol. The fourth-order valence-electron chi connectivity index (χ4n) is 3.04. The van der Waals surface area contributed by atoms with Crippen molar-refractivity contribution in [1.29, 1.82) is 0 Å². The van der Waals surface area contributed by atoms with Crippen molar-refractivity contribution in [1.82, 2.24) is 34.4 Å². The topological polar surface area (TPSA) is 91.0 Å². The fraction of sp³-hybridized carbons (Fsp3) is 0.688. The van der Waals surface area contributed by atoms with E-state index in [1.54, 1.807) is 11.0 Å². The number of hydrogen-bond donors (Lipinski definition) is 0. The summed E-state index contributed by atoms with van der Waals surface area (Å²) in [6.07, 6.45) is 5.03. The van der Waals surface area contributed by atoms with Gasteiger partial charge in [0.2, 0.25) is 5.91 Å². The second-order valence-corrected chi connectivity index (χ2v) is 6.64. The number of carbonyl (C=O) groups is 1. The Hall–Kier alpha value is -2.29. The van der Waals surface area contributed by atoms with Crippen LogP contribution in [0.4, 0.5) is 0 Å². The van der Waals surface area contributed by atoms with Crippen LogP contribution in [0.25, 0.3) is 0 Å². The van der Waals surface area contributed by atoms with Gasteiger partial charge in [-0.1, -0.05) is 0 Å². The van der Waals surface area contributed by atoms with E-state index in [0.29, 0.717) is 12.5 Å². The minimum absolute atomic E-state index is 0.0667. The van der Waals surface area contributed by atoms with E-state index in [2.05, 4.69) is 20.3 Å². The van der Waals surface area contributed by atoms with Crippen LogP contribution in [-0.4, -0.2) is 66.1 Å². The Labute approximate surface area is 147 Å². The van der Waals surface area contributed by atoms with E-state index in [0.717, 1.165) is 37.6 Å². The molecule has 0 N–H and O–H groups in total. The molecule has 1 saturated heterocycles. The van der Waals surface area contributed by atoms with Crippen LogP contribution < -0.4 is 0 Å². The highest BCUT2D eigenvalue weighted by Gasteiger charge is 2.27. The van der Waals surface area contributed by atoms with Crippen LogP contribution in [0.1, 0.15) is 44.3 Å². The number of hydrogen-bond acceptors (Lipinski definition) is 6. The van der Waals surface area contributed by atoms with Gasteiger partial charge in [0, 0.05) is 26.1 Å². The van der Waals surface area contributed by atoms with E-state index in [1.165, 1.54) is 6.33 Å². The maximum Gasteiger partial charge on any atom is 0.248 e. The molecule has 0 spiro atoms. The molecule has 0 saturated carbocycles. The van der Waals surface area contributed by atoms with Crippen LogP contribution in [0, 0.1) is 0 Å². The average Bonchev–Trinajstić information content (AvgIpc) is 3.24. The van der Waals surface area contributed by atoms with Crippen molar-refractivity contribution in [2.75, 3.05) is 19.7 Å². The summed E-state index contributed by atoms with van der Waals surface area (Å²) in [5.41, 5.74) is 0. The molecule has 25 heavy (non-hydrogen) atoms. The molecule has 1 amide bonds. The Bertz CT molecular complexity index is 687. The molecule has 0 bridgehead atoms. The van der Waals surface area contributed by atoms with Crippen molar-refractivity contribution in [3.63, 3.8) is 0 Å². The normalized spacial score (nSPS) is 15.9. The first-order valence-corrected chi connectivity index (χ1v) is 8.64. The van der Waals surface area contributed by atoms with Gasteiger partial charge in [-0.2, -0.15) is 5.10 Å². The zero-order valence-corrected chi connectivity index (χ0v) is 15.0. The summed E-state index contributed by atoms with van der Waals surface area (Å²) in [5.74, 6) is 2.21. The molecule has 9 heteroatoms. The third-order valence-corrected chi connectivity index (χ3v) is 4.52. The lowest BCUT2D eigenvalue weighted by atomic mass is 9.96. The second-order valence-electron chi connectivity index (χ2n) is 6.64. The van der Waals surface area contributed by atoms with Gasteiger partial charge in [0.05, 0.1) is 6.10 Å². The first-order valence-electron chi connectivity index (χ1n) is 8.64. The minimum Gasteiger partial charge on any atom is -0.369 e. The molecular weight excluding hydrogens is 322 g/mol.